The molecule has 1 N–H and O–H groups in total. The summed E-state index contributed by atoms with van der Waals surface area (Å²) in [7, 11) is 0. The summed E-state index contributed by atoms with van der Waals surface area (Å²) in [6.45, 7) is 10.2. The van der Waals surface area contributed by atoms with Crippen LogP contribution in [0.4, 0.5) is 0 Å². The van der Waals surface area contributed by atoms with Crippen molar-refractivity contribution in [3.05, 3.63) is 0 Å². The number of carbonyl (C=O) groups is 1. The second-order valence-electron chi connectivity index (χ2n) is 5.46. The third-order valence-electron chi connectivity index (χ3n) is 4.15. The molecule has 2 atom stereocenters. The van der Waals surface area contributed by atoms with Crippen LogP contribution in [0, 0.1) is 5.92 Å². The van der Waals surface area contributed by atoms with Gasteiger partial charge in [0.15, 0.2) is 0 Å². The van der Waals surface area contributed by atoms with Crippen LogP contribution in [0.1, 0.15) is 59.8 Å². The number of nitrogens with zero attached hydrogens (tertiary/aromatic N) is 1. The molecule has 0 aromatic heterocycles. The summed E-state index contributed by atoms with van der Waals surface area (Å²) in [6, 6.07) is 0. The molecule has 2 unspecified atom stereocenters. The largest absolute Gasteiger partial charge is 0.328 e. The fourth-order valence-electron chi connectivity index (χ4n) is 2.42. The van der Waals surface area contributed by atoms with Gasteiger partial charge in [-0.1, -0.05) is 40.0 Å². The van der Waals surface area contributed by atoms with E-state index in [9.17, 15) is 4.79 Å². The minimum Gasteiger partial charge on any atom is -0.328 e. The van der Waals surface area contributed by atoms with E-state index in [1.165, 1.54) is 25.7 Å². The fourth-order valence-corrected chi connectivity index (χ4v) is 2.42. The highest BCUT2D eigenvalue weighted by Crippen LogP contribution is 2.22. The average Bonchev–Trinajstić information content (AvgIpc) is 2.63. The van der Waals surface area contributed by atoms with Crippen LogP contribution in [0.5, 0.6) is 0 Å². The number of rotatable bonds is 7. The lowest BCUT2D eigenvalue weighted by Gasteiger charge is -2.24. The van der Waals surface area contributed by atoms with E-state index in [4.69, 9.17) is 0 Å². The number of nitrogens with one attached hydrogen (secondary N) is 1. The molecule has 3 heteroatoms. The van der Waals surface area contributed by atoms with Crippen molar-refractivity contribution in [3.63, 3.8) is 0 Å². The Balaban J connectivity index is 2.49. The van der Waals surface area contributed by atoms with E-state index in [1.54, 1.807) is 0 Å². The normalized spacial score (nSPS) is 26.6. The Bertz CT molecular complexity index is 255. The van der Waals surface area contributed by atoms with Gasteiger partial charge in [0, 0.05) is 6.54 Å². The molecule has 1 aliphatic rings. The van der Waals surface area contributed by atoms with E-state index in [1.807, 2.05) is 11.8 Å². The molecular formula is C14H28N2O. The maximum Gasteiger partial charge on any atom is 0.243 e. The number of amides is 1. The molecular weight excluding hydrogens is 212 g/mol. The lowest BCUT2D eigenvalue weighted by atomic mass is 9.96. The minimum absolute atomic E-state index is 0.287. The molecule has 0 aromatic carbocycles. The summed E-state index contributed by atoms with van der Waals surface area (Å²) >= 11 is 0. The molecule has 3 nitrogen and oxygen atoms in total. The predicted molar refractivity (Wildman–Crippen MR) is 71.7 cm³/mol. The van der Waals surface area contributed by atoms with E-state index in [0.717, 1.165) is 19.6 Å². The summed E-state index contributed by atoms with van der Waals surface area (Å²) in [5.41, 5.74) is -0.316. The van der Waals surface area contributed by atoms with E-state index < -0.39 is 0 Å². The summed E-state index contributed by atoms with van der Waals surface area (Å²) in [6.07, 6.45) is 5.81. The van der Waals surface area contributed by atoms with Crippen LogP contribution in [0.3, 0.4) is 0 Å². The van der Waals surface area contributed by atoms with E-state index >= 15 is 0 Å². The molecule has 17 heavy (non-hydrogen) atoms. The first-order valence-electron chi connectivity index (χ1n) is 7.11. The molecule has 1 rings (SSSR count). The van der Waals surface area contributed by atoms with E-state index in [2.05, 4.69) is 26.1 Å². The van der Waals surface area contributed by atoms with Gasteiger partial charge in [0.2, 0.25) is 5.91 Å². The number of carbonyl (C=O) groups excluding carboxylic acids is 1. The average molecular weight is 240 g/mol. The van der Waals surface area contributed by atoms with E-state index in [0.29, 0.717) is 5.92 Å². The summed E-state index contributed by atoms with van der Waals surface area (Å²) < 4.78 is 0. The first-order chi connectivity index (χ1) is 8.07. The molecule has 1 heterocycles. The SMILES string of the molecule is CCCCC(CC)CN1CNC(C)(CC)C1=O. The van der Waals surface area contributed by atoms with Crippen molar-refractivity contribution in [2.24, 2.45) is 5.92 Å². The standard InChI is InChI=1S/C14H28N2O/c1-5-8-9-12(6-2)10-16-11-15-14(4,7-3)13(16)17/h12,15H,5-11H2,1-4H3. The van der Waals surface area contributed by atoms with Crippen LogP contribution in [-0.4, -0.2) is 29.6 Å². The lowest BCUT2D eigenvalue weighted by Crippen LogP contribution is -2.43. The topological polar surface area (TPSA) is 32.3 Å². The van der Waals surface area contributed by atoms with Crippen LogP contribution in [-0.2, 0) is 4.79 Å². The Labute approximate surface area is 106 Å². The molecule has 0 saturated carbocycles. The Morgan fingerprint density at radius 1 is 1.41 bits per heavy atom. The maximum atomic E-state index is 12.2. The van der Waals surface area contributed by atoms with Gasteiger partial charge in [-0.3, -0.25) is 10.1 Å². The van der Waals surface area contributed by atoms with Gasteiger partial charge in [-0.2, -0.15) is 0 Å². The Hall–Kier alpha value is -0.570. The van der Waals surface area contributed by atoms with Crippen molar-refractivity contribution in [2.45, 2.75) is 65.3 Å². The van der Waals surface area contributed by atoms with Crippen molar-refractivity contribution in [1.29, 1.82) is 0 Å². The van der Waals surface area contributed by atoms with Crippen LogP contribution in [0.25, 0.3) is 0 Å². The van der Waals surface area contributed by atoms with Crippen molar-refractivity contribution >= 4 is 5.91 Å². The molecule has 1 aliphatic heterocycles. The lowest BCUT2D eigenvalue weighted by molar-refractivity contribution is -0.132. The summed E-state index contributed by atoms with van der Waals surface area (Å²) in [5, 5.41) is 3.34. The van der Waals surface area contributed by atoms with Gasteiger partial charge >= 0.3 is 0 Å². The zero-order valence-corrected chi connectivity index (χ0v) is 11.9. The van der Waals surface area contributed by atoms with Crippen molar-refractivity contribution in [3.8, 4) is 0 Å². The van der Waals surface area contributed by atoms with Gasteiger partial charge in [0.25, 0.3) is 0 Å². The maximum absolute atomic E-state index is 12.2. The molecule has 1 fully saturated rings. The highest BCUT2D eigenvalue weighted by atomic mass is 16.2. The molecule has 1 saturated heterocycles. The second-order valence-corrected chi connectivity index (χ2v) is 5.46. The number of hydrogen-bond acceptors (Lipinski definition) is 2. The van der Waals surface area contributed by atoms with Crippen molar-refractivity contribution < 1.29 is 4.79 Å². The molecule has 100 valence electrons. The first kappa shape index (κ1) is 14.5. The van der Waals surface area contributed by atoms with E-state index in [-0.39, 0.29) is 11.4 Å². The molecule has 0 radical (unpaired) electrons. The third-order valence-corrected chi connectivity index (χ3v) is 4.15. The van der Waals surface area contributed by atoms with Gasteiger partial charge in [0.05, 0.1) is 12.2 Å². The zero-order valence-electron chi connectivity index (χ0n) is 11.9. The number of unbranched alkanes of at least 4 members (excludes halogenated alkanes) is 1. The first-order valence-corrected chi connectivity index (χ1v) is 7.11. The monoisotopic (exact) mass is 240 g/mol. The molecule has 0 aromatic rings. The van der Waals surface area contributed by atoms with Gasteiger partial charge in [0.1, 0.15) is 0 Å². The minimum atomic E-state index is -0.316. The van der Waals surface area contributed by atoms with Gasteiger partial charge in [-0.05, 0) is 25.7 Å². The third kappa shape index (κ3) is 3.44. The molecule has 0 bridgehead atoms. The van der Waals surface area contributed by atoms with Crippen LogP contribution in [0.2, 0.25) is 0 Å². The van der Waals surface area contributed by atoms with Crippen molar-refractivity contribution in [2.75, 3.05) is 13.2 Å². The number of hydrogen-bond donors (Lipinski definition) is 1. The molecule has 1 amide bonds. The predicted octanol–water partition coefficient (Wildman–Crippen LogP) is 2.76. The zero-order chi connectivity index (χ0) is 12.9. The molecule has 0 aliphatic carbocycles. The highest BCUT2D eigenvalue weighted by Gasteiger charge is 2.40. The van der Waals surface area contributed by atoms with Crippen LogP contribution >= 0.6 is 0 Å². The quantitative estimate of drug-likeness (QED) is 0.742. The Kier molecular flexibility index (Phi) is 5.44. The molecule has 0 spiro atoms. The van der Waals surface area contributed by atoms with Crippen LogP contribution < -0.4 is 5.32 Å². The Morgan fingerprint density at radius 3 is 2.59 bits per heavy atom. The van der Waals surface area contributed by atoms with Gasteiger partial charge in [-0.25, -0.2) is 0 Å². The van der Waals surface area contributed by atoms with Crippen molar-refractivity contribution in [1.82, 2.24) is 10.2 Å². The van der Waals surface area contributed by atoms with Gasteiger partial charge < -0.3 is 4.90 Å². The summed E-state index contributed by atoms with van der Waals surface area (Å²) in [5.74, 6) is 0.954. The van der Waals surface area contributed by atoms with Gasteiger partial charge in [-0.15, -0.1) is 0 Å². The van der Waals surface area contributed by atoms with Crippen LogP contribution in [0.15, 0.2) is 0 Å². The second kappa shape index (κ2) is 6.39. The highest BCUT2D eigenvalue weighted by molar-refractivity contribution is 5.87. The Morgan fingerprint density at radius 2 is 2.12 bits per heavy atom. The fraction of sp³-hybridized carbons (Fsp3) is 0.929. The smallest absolute Gasteiger partial charge is 0.243 e. The summed E-state index contributed by atoms with van der Waals surface area (Å²) in [4.78, 5) is 14.3.